The third-order valence-electron chi connectivity index (χ3n) is 2.81. The van der Waals surface area contributed by atoms with Crippen LogP contribution in [-0.4, -0.2) is 23.8 Å². The van der Waals surface area contributed by atoms with Gasteiger partial charge in [0, 0.05) is 6.61 Å². The molecule has 1 aliphatic carbocycles. The number of hydrogen-bond acceptors (Lipinski definition) is 3. The van der Waals surface area contributed by atoms with E-state index >= 15 is 0 Å². The van der Waals surface area contributed by atoms with Gasteiger partial charge in [0.1, 0.15) is 5.54 Å². The van der Waals surface area contributed by atoms with Crippen molar-refractivity contribution in [2.45, 2.75) is 38.1 Å². The SMILES string of the molecule is CCC(C#N)(NCCCO)C1CC1. The molecule has 1 aliphatic rings. The Kier molecular flexibility index (Phi) is 3.71. The number of aliphatic hydroxyl groups excluding tert-OH is 1. The lowest BCUT2D eigenvalue weighted by atomic mass is 9.92. The Bertz CT molecular complexity index is 196. The molecule has 0 aromatic rings. The van der Waals surface area contributed by atoms with Crippen LogP contribution in [0.3, 0.4) is 0 Å². The summed E-state index contributed by atoms with van der Waals surface area (Å²) in [5.41, 5.74) is -0.310. The molecular weight excluding hydrogens is 164 g/mol. The molecule has 1 atom stereocenters. The third kappa shape index (κ3) is 2.43. The summed E-state index contributed by atoms with van der Waals surface area (Å²) in [4.78, 5) is 0. The second kappa shape index (κ2) is 4.59. The highest BCUT2D eigenvalue weighted by molar-refractivity contribution is 5.14. The number of hydrogen-bond donors (Lipinski definition) is 2. The summed E-state index contributed by atoms with van der Waals surface area (Å²) < 4.78 is 0. The molecule has 0 amide bonds. The molecule has 0 bridgehead atoms. The van der Waals surface area contributed by atoms with Gasteiger partial charge in [0.2, 0.25) is 0 Å². The minimum atomic E-state index is -0.310. The van der Waals surface area contributed by atoms with Crippen LogP contribution in [0.1, 0.15) is 32.6 Å². The van der Waals surface area contributed by atoms with Crippen LogP contribution in [0.5, 0.6) is 0 Å². The Balaban J connectivity index is 2.41. The second-order valence-electron chi connectivity index (χ2n) is 3.71. The van der Waals surface area contributed by atoms with Gasteiger partial charge in [0.15, 0.2) is 0 Å². The quantitative estimate of drug-likeness (QED) is 0.603. The average Bonchev–Trinajstić information content (AvgIpc) is 2.97. The molecule has 3 nitrogen and oxygen atoms in total. The van der Waals surface area contributed by atoms with Gasteiger partial charge >= 0.3 is 0 Å². The van der Waals surface area contributed by atoms with E-state index < -0.39 is 0 Å². The molecule has 1 rings (SSSR count). The Morgan fingerprint density at radius 3 is 2.69 bits per heavy atom. The van der Waals surface area contributed by atoms with Crippen molar-refractivity contribution in [2.75, 3.05) is 13.2 Å². The van der Waals surface area contributed by atoms with Gasteiger partial charge in [-0.25, -0.2) is 0 Å². The Labute approximate surface area is 79.8 Å². The molecule has 0 heterocycles. The fourth-order valence-corrected chi connectivity index (χ4v) is 1.73. The van der Waals surface area contributed by atoms with E-state index in [2.05, 4.69) is 11.4 Å². The van der Waals surface area contributed by atoms with Crippen LogP contribution in [0, 0.1) is 17.2 Å². The second-order valence-corrected chi connectivity index (χ2v) is 3.71. The number of nitriles is 1. The summed E-state index contributed by atoms with van der Waals surface area (Å²) in [5.74, 6) is 0.543. The largest absolute Gasteiger partial charge is 0.396 e. The van der Waals surface area contributed by atoms with Crippen LogP contribution in [0.2, 0.25) is 0 Å². The minimum Gasteiger partial charge on any atom is -0.396 e. The smallest absolute Gasteiger partial charge is 0.109 e. The lowest BCUT2D eigenvalue weighted by Gasteiger charge is -2.26. The van der Waals surface area contributed by atoms with Gasteiger partial charge in [-0.3, -0.25) is 5.32 Å². The molecule has 0 aliphatic heterocycles. The zero-order valence-electron chi connectivity index (χ0n) is 8.21. The average molecular weight is 182 g/mol. The van der Waals surface area contributed by atoms with Crippen LogP contribution < -0.4 is 5.32 Å². The van der Waals surface area contributed by atoms with Gasteiger partial charge in [-0.15, -0.1) is 0 Å². The van der Waals surface area contributed by atoms with E-state index in [1.165, 1.54) is 12.8 Å². The van der Waals surface area contributed by atoms with Crippen molar-refractivity contribution in [3.63, 3.8) is 0 Å². The minimum absolute atomic E-state index is 0.197. The van der Waals surface area contributed by atoms with Crippen molar-refractivity contribution in [2.24, 2.45) is 5.92 Å². The lowest BCUT2D eigenvalue weighted by molar-refractivity contribution is 0.271. The van der Waals surface area contributed by atoms with Gasteiger partial charge in [-0.1, -0.05) is 6.92 Å². The molecule has 74 valence electrons. The molecule has 0 aromatic heterocycles. The highest BCUT2D eigenvalue weighted by atomic mass is 16.3. The first-order valence-corrected chi connectivity index (χ1v) is 5.06. The van der Waals surface area contributed by atoms with Gasteiger partial charge in [0.05, 0.1) is 6.07 Å². The molecule has 0 radical (unpaired) electrons. The van der Waals surface area contributed by atoms with Crippen molar-refractivity contribution in [1.29, 1.82) is 5.26 Å². The van der Waals surface area contributed by atoms with Gasteiger partial charge in [-0.05, 0) is 38.1 Å². The number of nitrogens with zero attached hydrogens (tertiary/aromatic N) is 1. The Hall–Kier alpha value is -0.590. The normalized spacial score (nSPS) is 20.7. The van der Waals surface area contributed by atoms with Crippen molar-refractivity contribution in [1.82, 2.24) is 5.32 Å². The van der Waals surface area contributed by atoms with Crippen molar-refractivity contribution in [3.05, 3.63) is 0 Å². The summed E-state index contributed by atoms with van der Waals surface area (Å²) in [7, 11) is 0. The van der Waals surface area contributed by atoms with E-state index in [0.717, 1.165) is 19.4 Å². The number of nitrogens with one attached hydrogen (secondary N) is 1. The molecule has 1 saturated carbocycles. The maximum atomic E-state index is 9.11. The summed E-state index contributed by atoms with van der Waals surface area (Å²) in [6, 6.07) is 2.39. The van der Waals surface area contributed by atoms with Crippen LogP contribution in [0.15, 0.2) is 0 Å². The predicted octanol–water partition coefficient (Wildman–Crippen LogP) is 1.04. The molecule has 1 unspecified atom stereocenters. The topological polar surface area (TPSA) is 56.0 Å². The highest BCUT2D eigenvalue weighted by Crippen LogP contribution is 2.41. The molecule has 3 heteroatoms. The van der Waals surface area contributed by atoms with Crippen molar-refractivity contribution < 1.29 is 5.11 Å². The van der Waals surface area contributed by atoms with Crippen LogP contribution in [-0.2, 0) is 0 Å². The monoisotopic (exact) mass is 182 g/mol. The highest BCUT2D eigenvalue weighted by Gasteiger charge is 2.43. The van der Waals surface area contributed by atoms with Crippen LogP contribution in [0.4, 0.5) is 0 Å². The summed E-state index contributed by atoms with van der Waals surface area (Å²) in [6.07, 6.45) is 3.94. The third-order valence-corrected chi connectivity index (χ3v) is 2.81. The van der Waals surface area contributed by atoms with E-state index in [1.54, 1.807) is 0 Å². The summed E-state index contributed by atoms with van der Waals surface area (Å²) in [5, 5.41) is 21.0. The first-order chi connectivity index (χ1) is 6.29. The zero-order valence-corrected chi connectivity index (χ0v) is 8.21. The molecule has 0 aromatic carbocycles. The fraction of sp³-hybridized carbons (Fsp3) is 0.900. The van der Waals surface area contributed by atoms with Crippen LogP contribution >= 0.6 is 0 Å². The lowest BCUT2D eigenvalue weighted by Crippen LogP contribution is -2.46. The maximum absolute atomic E-state index is 9.11. The summed E-state index contributed by atoms with van der Waals surface area (Å²) in [6.45, 7) is 2.99. The van der Waals surface area contributed by atoms with E-state index in [9.17, 15) is 0 Å². The zero-order chi connectivity index (χ0) is 9.73. The molecule has 0 spiro atoms. The standard InChI is InChI=1S/C10H18N2O/c1-2-10(8-11,9-4-5-9)12-6-3-7-13/h9,12-13H,2-7H2,1H3. The van der Waals surface area contributed by atoms with E-state index in [1.807, 2.05) is 6.92 Å². The maximum Gasteiger partial charge on any atom is 0.109 e. The first kappa shape index (κ1) is 10.5. The van der Waals surface area contributed by atoms with E-state index in [4.69, 9.17) is 10.4 Å². The number of rotatable bonds is 6. The van der Waals surface area contributed by atoms with Gasteiger partial charge in [0.25, 0.3) is 0 Å². The molecule has 2 N–H and O–H groups in total. The Morgan fingerprint density at radius 2 is 2.31 bits per heavy atom. The Morgan fingerprint density at radius 1 is 1.62 bits per heavy atom. The predicted molar refractivity (Wildman–Crippen MR) is 51.1 cm³/mol. The van der Waals surface area contributed by atoms with Gasteiger partial charge < -0.3 is 5.11 Å². The molecular formula is C10H18N2O. The van der Waals surface area contributed by atoms with Gasteiger partial charge in [-0.2, -0.15) is 5.26 Å². The molecule has 1 fully saturated rings. The molecule has 0 saturated heterocycles. The first-order valence-electron chi connectivity index (χ1n) is 5.06. The fourth-order valence-electron chi connectivity index (χ4n) is 1.73. The van der Waals surface area contributed by atoms with Crippen molar-refractivity contribution in [3.8, 4) is 6.07 Å². The van der Waals surface area contributed by atoms with E-state index in [-0.39, 0.29) is 12.1 Å². The number of aliphatic hydroxyl groups is 1. The van der Waals surface area contributed by atoms with Crippen molar-refractivity contribution >= 4 is 0 Å². The molecule has 13 heavy (non-hydrogen) atoms. The van der Waals surface area contributed by atoms with E-state index in [0.29, 0.717) is 5.92 Å². The summed E-state index contributed by atoms with van der Waals surface area (Å²) >= 11 is 0. The van der Waals surface area contributed by atoms with Crippen LogP contribution in [0.25, 0.3) is 0 Å².